The summed E-state index contributed by atoms with van der Waals surface area (Å²) in [5.41, 5.74) is 2.58. The maximum absolute atomic E-state index is 12.2. The van der Waals surface area contributed by atoms with Gasteiger partial charge in [-0.3, -0.25) is 0 Å². The lowest BCUT2D eigenvalue weighted by atomic mass is 9.78. The second kappa shape index (κ2) is 9.22. The molecule has 1 fully saturated rings. The molecule has 0 bridgehead atoms. The highest BCUT2D eigenvalue weighted by Crippen LogP contribution is 2.34. The molecular formula is C24H27F3N2O3. The molecule has 32 heavy (non-hydrogen) atoms. The molecule has 0 atom stereocenters. The van der Waals surface area contributed by atoms with Gasteiger partial charge in [-0.05, 0) is 60.7 Å². The number of aromatic carboxylic acids is 1. The van der Waals surface area contributed by atoms with E-state index in [1.165, 1.54) is 68.5 Å². The van der Waals surface area contributed by atoms with E-state index in [1.807, 2.05) is 0 Å². The van der Waals surface area contributed by atoms with E-state index in [1.54, 1.807) is 17.7 Å². The number of carboxylic acids is 1. The fraction of sp³-hybridized carbons (Fsp3) is 0.417. The maximum atomic E-state index is 12.2. The fourth-order valence-corrected chi connectivity index (χ4v) is 3.91. The van der Waals surface area contributed by atoms with Gasteiger partial charge < -0.3 is 14.4 Å². The smallest absolute Gasteiger partial charge is 0.478 e. The number of hydrogen-bond donors (Lipinski definition) is 1. The number of hydrogen-bond acceptors (Lipinski definition) is 3. The minimum Gasteiger partial charge on any atom is -0.478 e. The molecule has 0 saturated heterocycles. The summed E-state index contributed by atoms with van der Waals surface area (Å²) < 4.78 is 42.1. The first-order valence-electron chi connectivity index (χ1n) is 10.5. The molecule has 1 aliphatic carbocycles. The van der Waals surface area contributed by atoms with Gasteiger partial charge in [0, 0.05) is 12.6 Å². The summed E-state index contributed by atoms with van der Waals surface area (Å²) in [5.74, 6) is -0.873. The predicted molar refractivity (Wildman–Crippen MR) is 117 cm³/mol. The molecule has 0 aliphatic heterocycles. The van der Waals surface area contributed by atoms with Crippen LogP contribution in [-0.2, 0) is 7.05 Å². The monoisotopic (exact) mass is 448 g/mol. The van der Waals surface area contributed by atoms with E-state index >= 15 is 0 Å². The highest BCUT2D eigenvalue weighted by Gasteiger charge is 2.31. The topological polar surface area (TPSA) is 64.4 Å². The van der Waals surface area contributed by atoms with Crippen LogP contribution < -0.4 is 4.74 Å². The zero-order valence-electron chi connectivity index (χ0n) is 18.4. The SMILES string of the molecule is CC1(C)CCCCC1.Cn1c(-c2ccc(OC(F)(F)F)cc2)nc2cc(C(=O)O)ccc21. The lowest BCUT2D eigenvalue weighted by Gasteiger charge is -2.28. The number of nitrogens with zero attached hydrogens (tertiary/aromatic N) is 2. The quantitative estimate of drug-likeness (QED) is 0.478. The number of benzene rings is 2. The van der Waals surface area contributed by atoms with Gasteiger partial charge in [-0.15, -0.1) is 13.2 Å². The Kier molecular flexibility index (Phi) is 6.81. The summed E-state index contributed by atoms with van der Waals surface area (Å²) in [6, 6.07) is 9.87. The lowest BCUT2D eigenvalue weighted by molar-refractivity contribution is -0.274. The molecular weight excluding hydrogens is 421 g/mol. The van der Waals surface area contributed by atoms with Crippen molar-refractivity contribution in [2.75, 3.05) is 0 Å². The average Bonchev–Trinajstić information content (AvgIpc) is 3.04. The molecule has 1 N–H and O–H groups in total. The summed E-state index contributed by atoms with van der Waals surface area (Å²) in [6.07, 6.45) is 2.57. The first-order chi connectivity index (χ1) is 15.0. The molecule has 1 aliphatic rings. The van der Waals surface area contributed by atoms with E-state index in [-0.39, 0.29) is 11.3 Å². The number of ether oxygens (including phenoxy) is 1. The van der Waals surface area contributed by atoms with Gasteiger partial charge in [0.2, 0.25) is 0 Å². The molecule has 0 radical (unpaired) electrons. The summed E-state index contributed by atoms with van der Waals surface area (Å²) in [7, 11) is 1.74. The molecule has 5 nitrogen and oxygen atoms in total. The second-order valence-corrected chi connectivity index (χ2v) is 8.80. The number of imidazole rings is 1. The molecule has 1 aromatic heterocycles. The Bertz CT molecular complexity index is 1080. The van der Waals surface area contributed by atoms with Crippen molar-refractivity contribution in [3.63, 3.8) is 0 Å². The number of aryl methyl sites for hydroxylation is 1. The Hall–Kier alpha value is -3.03. The molecule has 0 amide bonds. The molecule has 2 aromatic carbocycles. The Morgan fingerprint density at radius 2 is 1.69 bits per heavy atom. The van der Waals surface area contributed by atoms with E-state index in [4.69, 9.17) is 5.11 Å². The van der Waals surface area contributed by atoms with Crippen molar-refractivity contribution >= 4 is 17.0 Å². The number of alkyl halides is 3. The van der Waals surface area contributed by atoms with Crippen LogP contribution in [0.15, 0.2) is 42.5 Å². The van der Waals surface area contributed by atoms with Gasteiger partial charge in [-0.1, -0.05) is 33.1 Å². The average molecular weight is 448 g/mol. The summed E-state index contributed by atoms with van der Waals surface area (Å²) in [5, 5.41) is 9.02. The number of carboxylic acid groups (broad SMARTS) is 1. The number of fused-ring (bicyclic) bond motifs is 1. The van der Waals surface area contributed by atoms with E-state index in [9.17, 15) is 18.0 Å². The van der Waals surface area contributed by atoms with Crippen LogP contribution in [0.2, 0.25) is 0 Å². The van der Waals surface area contributed by atoms with E-state index < -0.39 is 12.3 Å². The van der Waals surface area contributed by atoms with Crippen molar-refractivity contribution < 1.29 is 27.8 Å². The van der Waals surface area contributed by atoms with Crippen LogP contribution >= 0.6 is 0 Å². The Morgan fingerprint density at radius 3 is 2.19 bits per heavy atom. The Morgan fingerprint density at radius 1 is 1.06 bits per heavy atom. The van der Waals surface area contributed by atoms with Crippen LogP contribution in [0, 0.1) is 5.41 Å². The number of halogens is 3. The maximum Gasteiger partial charge on any atom is 0.573 e. The van der Waals surface area contributed by atoms with Gasteiger partial charge in [0.05, 0.1) is 16.6 Å². The predicted octanol–water partition coefficient (Wildman–Crippen LogP) is 6.81. The van der Waals surface area contributed by atoms with Crippen LogP contribution in [0.25, 0.3) is 22.4 Å². The summed E-state index contributed by atoms with van der Waals surface area (Å²) >= 11 is 0. The van der Waals surface area contributed by atoms with E-state index in [2.05, 4.69) is 23.6 Å². The summed E-state index contributed by atoms with van der Waals surface area (Å²) in [6.45, 7) is 4.76. The van der Waals surface area contributed by atoms with Crippen molar-refractivity contribution in [1.29, 1.82) is 0 Å². The normalized spacial score (nSPS) is 15.7. The third kappa shape index (κ3) is 6.02. The number of rotatable bonds is 3. The summed E-state index contributed by atoms with van der Waals surface area (Å²) in [4.78, 5) is 15.4. The Balaban J connectivity index is 0.000000305. The lowest BCUT2D eigenvalue weighted by Crippen LogP contribution is -2.16. The van der Waals surface area contributed by atoms with Gasteiger partial charge >= 0.3 is 12.3 Å². The second-order valence-electron chi connectivity index (χ2n) is 8.80. The first kappa shape index (κ1) is 23.6. The zero-order valence-corrected chi connectivity index (χ0v) is 18.4. The highest BCUT2D eigenvalue weighted by atomic mass is 19.4. The van der Waals surface area contributed by atoms with Gasteiger partial charge in [0.25, 0.3) is 0 Å². The molecule has 0 unspecified atom stereocenters. The van der Waals surface area contributed by atoms with E-state index in [0.29, 0.717) is 27.8 Å². The molecule has 0 spiro atoms. The molecule has 172 valence electrons. The van der Waals surface area contributed by atoms with Gasteiger partial charge in [0.15, 0.2) is 0 Å². The minimum absolute atomic E-state index is 0.112. The van der Waals surface area contributed by atoms with Crippen molar-refractivity contribution in [1.82, 2.24) is 9.55 Å². The highest BCUT2D eigenvalue weighted by molar-refractivity contribution is 5.93. The number of aromatic nitrogens is 2. The largest absolute Gasteiger partial charge is 0.573 e. The van der Waals surface area contributed by atoms with Gasteiger partial charge in [-0.25, -0.2) is 9.78 Å². The first-order valence-corrected chi connectivity index (χ1v) is 10.5. The Labute approximate surface area is 184 Å². The van der Waals surface area contributed by atoms with Gasteiger partial charge in [-0.2, -0.15) is 0 Å². The molecule has 4 rings (SSSR count). The van der Waals surface area contributed by atoms with Gasteiger partial charge in [0.1, 0.15) is 11.6 Å². The molecule has 8 heteroatoms. The van der Waals surface area contributed by atoms with Crippen molar-refractivity contribution in [3.05, 3.63) is 48.0 Å². The minimum atomic E-state index is -4.74. The fourth-order valence-electron chi connectivity index (χ4n) is 3.91. The van der Waals surface area contributed by atoms with Crippen LogP contribution in [0.3, 0.4) is 0 Å². The standard InChI is InChI=1S/C16H11F3N2O3.C8H16/c1-21-13-7-4-10(15(22)23)8-12(13)20-14(21)9-2-5-11(6-3-9)24-16(17,18)19;1-8(2)6-4-3-5-7-8/h2-8H,1H3,(H,22,23);3-7H2,1-2H3. The van der Waals surface area contributed by atoms with Crippen molar-refractivity contribution in [2.24, 2.45) is 12.5 Å². The van der Waals surface area contributed by atoms with Crippen LogP contribution in [-0.4, -0.2) is 27.0 Å². The number of carbonyl (C=O) groups is 1. The third-order valence-corrected chi connectivity index (χ3v) is 5.68. The van der Waals surface area contributed by atoms with E-state index in [0.717, 1.165) is 0 Å². The van der Waals surface area contributed by atoms with Crippen molar-refractivity contribution in [2.45, 2.75) is 52.3 Å². The van der Waals surface area contributed by atoms with Crippen molar-refractivity contribution in [3.8, 4) is 17.1 Å². The third-order valence-electron chi connectivity index (χ3n) is 5.68. The van der Waals surface area contributed by atoms with Crippen LogP contribution in [0.5, 0.6) is 5.75 Å². The molecule has 1 heterocycles. The zero-order chi connectivity index (χ0) is 23.5. The molecule has 1 saturated carbocycles. The van der Waals surface area contributed by atoms with Crippen LogP contribution in [0.1, 0.15) is 56.3 Å². The molecule has 3 aromatic rings. The van der Waals surface area contributed by atoms with Crippen LogP contribution in [0.4, 0.5) is 13.2 Å².